The molecule has 4 nitrogen and oxygen atoms in total. The van der Waals surface area contributed by atoms with Crippen LogP contribution in [0.1, 0.15) is 24.3 Å². The summed E-state index contributed by atoms with van der Waals surface area (Å²) in [6.07, 6.45) is 2.72. The van der Waals surface area contributed by atoms with E-state index in [9.17, 15) is 5.11 Å². The van der Waals surface area contributed by atoms with Crippen LogP contribution in [0.4, 0.5) is 0 Å². The van der Waals surface area contributed by atoms with Gasteiger partial charge in [-0.25, -0.2) is 4.98 Å². The van der Waals surface area contributed by atoms with Crippen LogP contribution in [0.25, 0.3) is 0 Å². The first-order valence-corrected chi connectivity index (χ1v) is 5.41. The monoisotopic (exact) mass is 230 g/mol. The van der Waals surface area contributed by atoms with Gasteiger partial charge in [0.15, 0.2) is 5.75 Å². The smallest absolute Gasteiger partial charge is 0.225 e. The van der Waals surface area contributed by atoms with E-state index in [0.29, 0.717) is 17.2 Å². The summed E-state index contributed by atoms with van der Waals surface area (Å²) in [5.41, 5.74) is 1.45. The zero-order valence-electron chi connectivity index (χ0n) is 9.79. The molecule has 2 rings (SSSR count). The maximum Gasteiger partial charge on any atom is 0.225 e. The molecule has 0 aliphatic rings. The Morgan fingerprint density at radius 2 is 1.88 bits per heavy atom. The Kier molecular flexibility index (Phi) is 3.35. The second-order valence-electron chi connectivity index (χ2n) is 3.76. The van der Waals surface area contributed by atoms with Gasteiger partial charge in [-0.05, 0) is 38.1 Å². The van der Waals surface area contributed by atoms with Crippen molar-refractivity contribution in [3.8, 4) is 11.6 Å². The molecule has 1 N–H and O–H groups in total. The highest BCUT2D eigenvalue weighted by atomic mass is 16.5. The third-order valence-electron chi connectivity index (χ3n) is 2.42. The van der Waals surface area contributed by atoms with E-state index in [1.165, 1.54) is 0 Å². The van der Waals surface area contributed by atoms with E-state index in [-0.39, 0.29) is 0 Å². The summed E-state index contributed by atoms with van der Waals surface area (Å²) in [6, 6.07) is 7.18. The molecule has 0 saturated carbocycles. The van der Waals surface area contributed by atoms with Crippen molar-refractivity contribution in [2.75, 3.05) is 0 Å². The molecule has 2 aromatic heterocycles. The molecule has 0 amide bonds. The average Bonchev–Trinajstić information content (AvgIpc) is 2.32. The number of pyridine rings is 2. The first kappa shape index (κ1) is 11.5. The van der Waals surface area contributed by atoms with Crippen molar-refractivity contribution in [3.63, 3.8) is 0 Å². The summed E-state index contributed by atoms with van der Waals surface area (Å²) >= 11 is 0. The van der Waals surface area contributed by atoms with Crippen molar-refractivity contribution in [3.05, 3.63) is 47.9 Å². The highest BCUT2D eigenvalue weighted by molar-refractivity contribution is 5.34. The Bertz CT molecular complexity index is 512. The van der Waals surface area contributed by atoms with E-state index in [4.69, 9.17) is 4.74 Å². The lowest BCUT2D eigenvalue weighted by atomic mass is 10.2. The molecule has 2 aromatic rings. The number of hydrogen-bond donors (Lipinski definition) is 1. The number of aromatic nitrogens is 2. The van der Waals surface area contributed by atoms with Crippen LogP contribution in [0, 0.1) is 6.92 Å². The second kappa shape index (κ2) is 4.93. The van der Waals surface area contributed by atoms with Crippen LogP contribution in [-0.4, -0.2) is 15.1 Å². The fourth-order valence-corrected chi connectivity index (χ4v) is 1.49. The second-order valence-corrected chi connectivity index (χ2v) is 3.76. The summed E-state index contributed by atoms with van der Waals surface area (Å²) < 4.78 is 5.67. The van der Waals surface area contributed by atoms with Gasteiger partial charge in [0.1, 0.15) is 0 Å². The van der Waals surface area contributed by atoms with Crippen LogP contribution in [0.3, 0.4) is 0 Å². The van der Waals surface area contributed by atoms with Gasteiger partial charge in [0.05, 0.1) is 11.8 Å². The predicted molar refractivity (Wildman–Crippen MR) is 63.9 cm³/mol. The van der Waals surface area contributed by atoms with Gasteiger partial charge < -0.3 is 9.84 Å². The fourth-order valence-electron chi connectivity index (χ4n) is 1.49. The summed E-state index contributed by atoms with van der Waals surface area (Å²) in [5.74, 6) is 1.06. The topological polar surface area (TPSA) is 55.2 Å². The highest BCUT2D eigenvalue weighted by Gasteiger charge is 2.11. The average molecular weight is 230 g/mol. The Labute approximate surface area is 99.9 Å². The van der Waals surface area contributed by atoms with Crippen molar-refractivity contribution in [1.82, 2.24) is 9.97 Å². The molecule has 0 aliphatic carbocycles. The number of hydrogen-bond acceptors (Lipinski definition) is 4. The van der Waals surface area contributed by atoms with Gasteiger partial charge in [0.25, 0.3) is 0 Å². The lowest BCUT2D eigenvalue weighted by molar-refractivity contribution is 0.194. The minimum atomic E-state index is -0.615. The van der Waals surface area contributed by atoms with Crippen LogP contribution in [0.15, 0.2) is 36.7 Å². The number of rotatable bonds is 3. The van der Waals surface area contributed by atoms with Gasteiger partial charge in [-0.3, -0.25) is 4.98 Å². The molecule has 4 heteroatoms. The molecule has 88 valence electrons. The molecule has 0 aromatic carbocycles. The molecule has 0 saturated heterocycles. The molecule has 0 bridgehead atoms. The summed E-state index contributed by atoms with van der Waals surface area (Å²) in [4.78, 5) is 8.26. The van der Waals surface area contributed by atoms with Gasteiger partial charge in [0.2, 0.25) is 5.88 Å². The van der Waals surface area contributed by atoms with Gasteiger partial charge in [0, 0.05) is 18.0 Å². The molecular weight excluding hydrogens is 216 g/mol. The predicted octanol–water partition coefficient (Wildman–Crippen LogP) is 2.63. The fraction of sp³-hybridized carbons (Fsp3) is 0.231. The van der Waals surface area contributed by atoms with E-state index in [0.717, 1.165) is 5.69 Å². The number of aryl methyl sites for hydroxylation is 1. The van der Waals surface area contributed by atoms with Crippen LogP contribution in [-0.2, 0) is 0 Å². The van der Waals surface area contributed by atoms with Crippen molar-refractivity contribution in [2.24, 2.45) is 0 Å². The van der Waals surface area contributed by atoms with E-state index in [2.05, 4.69) is 9.97 Å². The van der Waals surface area contributed by atoms with Gasteiger partial charge in [-0.2, -0.15) is 0 Å². The minimum absolute atomic E-state index is 0.415. The van der Waals surface area contributed by atoms with Crippen LogP contribution < -0.4 is 4.74 Å². The van der Waals surface area contributed by atoms with Crippen LogP contribution in [0.2, 0.25) is 0 Å². The van der Waals surface area contributed by atoms with Crippen LogP contribution in [0.5, 0.6) is 11.6 Å². The first-order chi connectivity index (χ1) is 8.18. The number of ether oxygens (including phenoxy) is 1. The third-order valence-corrected chi connectivity index (χ3v) is 2.42. The molecular formula is C13H14N2O2. The summed E-state index contributed by atoms with van der Waals surface area (Å²) in [7, 11) is 0. The molecule has 0 spiro atoms. The molecule has 0 aliphatic heterocycles. The number of aliphatic hydroxyl groups excluding tert-OH is 1. The quantitative estimate of drug-likeness (QED) is 0.880. The zero-order valence-corrected chi connectivity index (χ0v) is 9.79. The van der Waals surface area contributed by atoms with Crippen molar-refractivity contribution < 1.29 is 9.84 Å². The highest BCUT2D eigenvalue weighted by Crippen LogP contribution is 2.28. The Balaban J connectivity index is 2.34. The molecule has 0 radical (unpaired) electrons. The Hall–Kier alpha value is -1.94. The SMILES string of the molecule is Cc1ncccc1Oc1ncccc1C(C)O. The third kappa shape index (κ3) is 2.60. The molecule has 1 unspecified atom stereocenters. The van der Waals surface area contributed by atoms with E-state index < -0.39 is 6.10 Å². The first-order valence-electron chi connectivity index (χ1n) is 5.41. The van der Waals surface area contributed by atoms with Crippen molar-refractivity contribution >= 4 is 0 Å². The number of nitrogens with zero attached hydrogens (tertiary/aromatic N) is 2. The normalized spacial score (nSPS) is 12.2. The molecule has 0 fully saturated rings. The zero-order chi connectivity index (χ0) is 12.3. The van der Waals surface area contributed by atoms with Gasteiger partial charge >= 0.3 is 0 Å². The number of aliphatic hydroxyl groups is 1. The van der Waals surface area contributed by atoms with Gasteiger partial charge in [-0.1, -0.05) is 0 Å². The minimum Gasteiger partial charge on any atom is -0.437 e. The van der Waals surface area contributed by atoms with Gasteiger partial charge in [-0.15, -0.1) is 0 Å². The van der Waals surface area contributed by atoms with E-state index >= 15 is 0 Å². The van der Waals surface area contributed by atoms with E-state index in [1.807, 2.05) is 13.0 Å². The Morgan fingerprint density at radius 1 is 1.18 bits per heavy atom. The maximum atomic E-state index is 9.62. The lowest BCUT2D eigenvalue weighted by Crippen LogP contribution is -1.99. The standard InChI is InChI=1S/C13H14N2O2/c1-9-12(6-4-7-14-9)17-13-11(10(2)16)5-3-8-15-13/h3-8,10,16H,1-2H3. The summed E-state index contributed by atoms with van der Waals surface area (Å²) in [6.45, 7) is 3.54. The van der Waals surface area contributed by atoms with Crippen molar-refractivity contribution in [2.45, 2.75) is 20.0 Å². The Morgan fingerprint density at radius 3 is 2.59 bits per heavy atom. The summed E-state index contributed by atoms with van der Waals surface area (Å²) in [5, 5.41) is 9.62. The van der Waals surface area contributed by atoms with Crippen LogP contribution >= 0.6 is 0 Å². The van der Waals surface area contributed by atoms with E-state index in [1.54, 1.807) is 37.5 Å². The molecule has 17 heavy (non-hydrogen) atoms. The van der Waals surface area contributed by atoms with Crippen molar-refractivity contribution in [1.29, 1.82) is 0 Å². The lowest BCUT2D eigenvalue weighted by Gasteiger charge is -2.12. The largest absolute Gasteiger partial charge is 0.437 e. The maximum absolute atomic E-state index is 9.62. The molecule has 1 atom stereocenters. The molecule has 2 heterocycles.